The van der Waals surface area contributed by atoms with E-state index in [9.17, 15) is 0 Å². The molecule has 1 atom stereocenters. The quantitative estimate of drug-likeness (QED) is 0.254. The molecule has 0 aliphatic carbocycles. The van der Waals surface area contributed by atoms with Crippen LogP contribution in [0.5, 0.6) is 0 Å². The van der Waals surface area contributed by atoms with Crippen LogP contribution in [0, 0.1) is 5.92 Å². The summed E-state index contributed by atoms with van der Waals surface area (Å²) in [5.74, 6) is 3.00. The van der Waals surface area contributed by atoms with E-state index in [2.05, 4.69) is 47.6 Å². The lowest BCUT2D eigenvalue weighted by atomic mass is 9.93. The summed E-state index contributed by atoms with van der Waals surface area (Å²) >= 11 is 1.92. The van der Waals surface area contributed by atoms with Crippen LogP contribution in [0.3, 0.4) is 0 Å². The molecule has 138 valence electrons. The Bertz CT molecular complexity index is 337. The van der Waals surface area contributed by atoms with E-state index >= 15 is 0 Å². The van der Waals surface area contributed by atoms with Crippen LogP contribution in [0.1, 0.15) is 46.5 Å². The highest BCUT2D eigenvalue weighted by Crippen LogP contribution is 2.23. The summed E-state index contributed by atoms with van der Waals surface area (Å²) in [7, 11) is 1.85. The first-order chi connectivity index (χ1) is 10.5. The molecule has 0 aromatic heterocycles. The number of nitrogens with one attached hydrogen (secondary N) is 2. The van der Waals surface area contributed by atoms with Crippen molar-refractivity contribution in [3.8, 4) is 0 Å². The zero-order chi connectivity index (χ0) is 16.4. The highest BCUT2D eigenvalue weighted by atomic mass is 127. The number of thioether (sulfide) groups is 1. The molecule has 1 unspecified atom stereocenters. The van der Waals surface area contributed by atoms with Gasteiger partial charge in [-0.05, 0) is 64.0 Å². The molecular weight excluding hydrogens is 419 g/mol. The van der Waals surface area contributed by atoms with Gasteiger partial charge in [-0.1, -0.05) is 6.92 Å². The lowest BCUT2D eigenvalue weighted by Gasteiger charge is -2.43. The summed E-state index contributed by atoms with van der Waals surface area (Å²) in [6, 6.07) is 0. The summed E-state index contributed by atoms with van der Waals surface area (Å²) in [6.45, 7) is 11.4. The van der Waals surface area contributed by atoms with Gasteiger partial charge in [-0.15, -0.1) is 24.0 Å². The topological polar surface area (TPSA) is 39.7 Å². The molecular formula is C17H37IN4S. The van der Waals surface area contributed by atoms with Crippen LogP contribution < -0.4 is 10.6 Å². The molecule has 2 N–H and O–H groups in total. The molecule has 23 heavy (non-hydrogen) atoms. The molecule has 0 aromatic rings. The minimum Gasteiger partial charge on any atom is -0.356 e. The van der Waals surface area contributed by atoms with E-state index in [1.165, 1.54) is 44.5 Å². The Hall–Kier alpha value is 0.310. The third-order valence-electron chi connectivity index (χ3n) is 4.49. The number of rotatable bonds is 8. The Kier molecular flexibility index (Phi) is 12.8. The monoisotopic (exact) mass is 456 g/mol. The van der Waals surface area contributed by atoms with Gasteiger partial charge in [0.25, 0.3) is 0 Å². The molecule has 0 radical (unpaired) electrons. The van der Waals surface area contributed by atoms with E-state index in [1.54, 1.807) is 0 Å². The number of halogens is 1. The van der Waals surface area contributed by atoms with Crippen molar-refractivity contribution in [2.45, 2.75) is 52.0 Å². The van der Waals surface area contributed by atoms with E-state index in [4.69, 9.17) is 0 Å². The van der Waals surface area contributed by atoms with E-state index < -0.39 is 0 Å². The number of aliphatic imine (C=N–C) groups is 1. The minimum atomic E-state index is 0. The zero-order valence-corrected chi connectivity index (χ0v) is 18.8. The number of nitrogens with zero attached hydrogens (tertiary/aromatic N) is 2. The van der Waals surface area contributed by atoms with Gasteiger partial charge >= 0.3 is 0 Å². The van der Waals surface area contributed by atoms with Gasteiger partial charge in [0.2, 0.25) is 0 Å². The first-order valence-corrected chi connectivity index (χ1v) is 10.1. The Balaban J connectivity index is 0.00000484. The van der Waals surface area contributed by atoms with Crippen LogP contribution in [-0.4, -0.2) is 61.6 Å². The fourth-order valence-corrected chi connectivity index (χ4v) is 3.44. The number of guanidine groups is 1. The summed E-state index contributed by atoms with van der Waals surface area (Å²) in [6.07, 6.45) is 7.33. The van der Waals surface area contributed by atoms with Crippen LogP contribution >= 0.6 is 35.7 Å². The average Bonchev–Trinajstić information content (AvgIpc) is 2.50. The second-order valence-corrected chi connectivity index (χ2v) is 8.04. The number of unbranched alkanes of at least 4 members (excludes halogenated alkanes) is 1. The van der Waals surface area contributed by atoms with Crippen molar-refractivity contribution >= 4 is 41.7 Å². The molecule has 0 spiro atoms. The zero-order valence-electron chi connectivity index (χ0n) is 15.7. The van der Waals surface area contributed by atoms with Crippen molar-refractivity contribution in [3.63, 3.8) is 0 Å². The molecule has 1 rings (SSSR count). The Labute approximate surface area is 165 Å². The predicted octanol–water partition coefficient (Wildman–Crippen LogP) is 3.42. The smallest absolute Gasteiger partial charge is 0.191 e. The molecule has 1 fully saturated rings. The molecule has 1 aliphatic heterocycles. The fraction of sp³-hybridized carbons (Fsp3) is 0.941. The van der Waals surface area contributed by atoms with Crippen LogP contribution in [0.2, 0.25) is 0 Å². The van der Waals surface area contributed by atoms with E-state index in [0.29, 0.717) is 0 Å². The number of hydrogen-bond donors (Lipinski definition) is 2. The summed E-state index contributed by atoms with van der Waals surface area (Å²) in [5, 5.41) is 6.93. The third kappa shape index (κ3) is 9.39. The number of likely N-dealkylation sites (tertiary alicyclic amines) is 1. The van der Waals surface area contributed by atoms with Crippen LogP contribution in [0.4, 0.5) is 0 Å². The highest BCUT2D eigenvalue weighted by molar-refractivity contribution is 14.0. The third-order valence-corrected chi connectivity index (χ3v) is 5.19. The van der Waals surface area contributed by atoms with Gasteiger partial charge < -0.3 is 10.6 Å². The lowest BCUT2D eigenvalue weighted by molar-refractivity contribution is 0.0739. The van der Waals surface area contributed by atoms with Gasteiger partial charge in [0.05, 0.1) is 0 Å². The second kappa shape index (κ2) is 12.6. The molecule has 0 bridgehead atoms. The maximum absolute atomic E-state index is 4.34. The second-order valence-electron chi connectivity index (χ2n) is 7.06. The number of hydrogen-bond acceptors (Lipinski definition) is 3. The van der Waals surface area contributed by atoms with Gasteiger partial charge in [0.1, 0.15) is 0 Å². The Morgan fingerprint density at radius 1 is 1.30 bits per heavy atom. The van der Waals surface area contributed by atoms with Crippen molar-refractivity contribution in [1.29, 1.82) is 0 Å². The van der Waals surface area contributed by atoms with Gasteiger partial charge in [0.15, 0.2) is 5.96 Å². The summed E-state index contributed by atoms with van der Waals surface area (Å²) in [4.78, 5) is 6.96. The Morgan fingerprint density at radius 3 is 2.65 bits per heavy atom. The lowest BCUT2D eigenvalue weighted by Crippen LogP contribution is -2.56. The van der Waals surface area contributed by atoms with Crippen molar-refractivity contribution in [2.24, 2.45) is 10.9 Å². The molecule has 1 aliphatic rings. The van der Waals surface area contributed by atoms with Crippen molar-refractivity contribution in [2.75, 3.05) is 45.2 Å². The van der Waals surface area contributed by atoms with Crippen molar-refractivity contribution < 1.29 is 0 Å². The normalized spacial score (nSPS) is 20.0. The standard InChI is InChI=1S/C17H36N4S.HI/c1-15-9-8-11-21(13-15)17(2,3)14-20-16(18-4)19-10-6-7-12-22-5;/h15H,6-14H2,1-5H3,(H2,18,19,20);1H. The first kappa shape index (κ1) is 23.3. The van der Waals surface area contributed by atoms with E-state index in [0.717, 1.165) is 25.0 Å². The van der Waals surface area contributed by atoms with Gasteiger partial charge in [-0.3, -0.25) is 9.89 Å². The largest absolute Gasteiger partial charge is 0.356 e. The molecule has 6 heteroatoms. The summed E-state index contributed by atoms with van der Waals surface area (Å²) < 4.78 is 0. The maximum Gasteiger partial charge on any atom is 0.191 e. The SMILES string of the molecule is CN=C(NCCCCSC)NCC(C)(C)N1CCCC(C)C1.I. The average molecular weight is 456 g/mol. The highest BCUT2D eigenvalue weighted by Gasteiger charge is 2.30. The van der Waals surface area contributed by atoms with Gasteiger partial charge in [-0.25, -0.2) is 0 Å². The van der Waals surface area contributed by atoms with Gasteiger partial charge in [0, 0.05) is 32.2 Å². The molecule has 0 saturated carbocycles. The maximum atomic E-state index is 4.34. The minimum absolute atomic E-state index is 0. The molecule has 0 aromatic carbocycles. The van der Waals surface area contributed by atoms with Crippen LogP contribution in [0.25, 0.3) is 0 Å². The number of piperidine rings is 1. The summed E-state index contributed by atoms with van der Waals surface area (Å²) in [5.41, 5.74) is 0.172. The van der Waals surface area contributed by atoms with Crippen molar-refractivity contribution in [3.05, 3.63) is 0 Å². The van der Waals surface area contributed by atoms with E-state index in [-0.39, 0.29) is 29.5 Å². The van der Waals surface area contributed by atoms with Crippen molar-refractivity contribution in [1.82, 2.24) is 15.5 Å². The fourth-order valence-electron chi connectivity index (χ4n) is 2.95. The Morgan fingerprint density at radius 2 is 2.04 bits per heavy atom. The molecule has 1 heterocycles. The molecule has 1 saturated heterocycles. The van der Waals surface area contributed by atoms with Gasteiger partial charge in [-0.2, -0.15) is 11.8 Å². The molecule has 4 nitrogen and oxygen atoms in total. The van der Waals surface area contributed by atoms with Crippen LogP contribution in [-0.2, 0) is 0 Å². The molecule has 0 amide bonds. The van der Waals surface area contributed by atoms with E-state index in [1.807, 2.05) is 18.8 Å². The predicted molar refractivity (Wildman–Crippen MR) is 116 cm³/mol. The van der Waals surface area contributed by atoms with Crippen LogP contribution in [0.15, 0.2) is 4.99 Å². The first-order valence-electron chi connectivity index (χ1n) is 8.68.